The summed E-state index contributed by atoms with van der Waals surface area (Å²) in [7, 11) is 5.34. The zero-order valence-electron chi connectivity index (χ0n) is 13.0. The summed E-state index contributed by atoms with van der Waals surface area (Å²) in [5.41, 5.74) is 1.52. The van der Waals surface area contributed by atoms with E-state index in [9.17, 15) is 0 Å². The summed E-state index contributed by atoms with van der Waals surface area (Å²) in [6.45, 7) is 7.86. The fourth-order valence-corrected chi connectivity index (χ4v) is 2.46. The van der Waals surface area contributed by atoms with Crippen LogP contribution in [0.5, 0.6) is 11.5 Å². The second kappa shape index (κ2) is 6.80. The van der Waals surface area contributed by atoms with E-state index in [1.54, 1.807) is 14.2 Å². The minimum Gasteiger partial charge on any atom is -0.493 e. The second-order valence-corrected chi connectivity index (χ2v) is 5.93. The molecule has 0 bridgehead atoms. The van der Waals surface area contributed by atoms with Gasteiger partial charge < -0.3 is 14.8 Å². The standard InChI is InChI=1S/C16H27NO2/c1-16(2,3)13(9-10-17-4)12-7-8-14(18-5)15(11-12)19-6/h7-8,11,13,17H,9-10H2,1-6H3. The molecule has 0 spiro atoms. The lowest BCUT2D eigenvalue weighted by Gasteiger charge is -2.31. The van der Waals surface area contributed by atoms with E-state index in [1.165, 1.54) is 5.56 Å². The van der Waals surface area contributed by atoms with Crippen molar-refractivity contribution in [3.05, 3.63) is 23.8 Å². The van der Waals surface area contributed by atoms with Crippen LogP contribution in [-0.4, -0.2) is 27.8 Å². The molecule has 0 radical (unpaired) electrons. The van der Waals surface area contributed by atoms with Crippen LogP contribution in [0.15, 0.2) is 18.2 Å². The third-order valence-electron chi connectivity index (χ3n) is 3.54. The van der Waals surface area contributed by atoms with E-state index in [2.05, 4.69) is 38.2 Å². The first kappa shape index (κ1) is 15.8. The molecule has 0 amide bonds. The highest BCUT2D eigenvalue weighted by atomic mass is 16.5. The molecule has 3 nitrogen and oxygen atoms in total. The average molecular weight is 265 g/mol. The summed E-state index contributed by atoms with van der Waals surface area (Å²) in [6.07, 6.45) is 1.11. The van der Waals surface area contributed by atoms with E-state index in [1.807, 2.05) is 13.1 Å². The Balaban J connectivity index is 3.08. The Morgan fingerprint density at radius 3 is 2.21 bits per heavy atom. The molecule has 1 N–H and O–H groups in total. The zero-order valence-corrected chi connectivity index (χ0v) is 13.0. The van der Waals surface area contributed by atoms with Gasteiger partial charge in [0.25, 0.3) is 0 Å². The summed E-state index contributed by atoms with van der Waals surface area (Å²) in [4.78, 5) is 0. The number of nitrogens with one attached hydrogen (secondary N) is 1. The van der Waals surface area contributed by atoms with Crippen LogP contribution < -0.4 is 14.8 Å². The van der Waals surface area contributed by atoms with Gasteiger partial charge in [0.05, 0.1) is 14.2 Å². The van der Waals surface area contributed by atoms with E-state index in [0.717, 1.165) is 24.5 Å². The predicted molar refractivity (Wildman–Crippen MR) is 80.3 cm³/mol. The second-order valence-electron chi connectivity index (χ2n) is 5.93. The molecule has 1 unspecified atom stereocenters. The van der Waals surface area contributed by atoms with Gasteiger partial charge in [0.1, 0.15) is 0 Å². The van der Waals surface area contributed by atoms with Gasteiger partial charge >= 0.3 is 0 Å². The molecule has 3 heteroatoms. The van der Waals surface area contributed by atoms with Gasteiger partial charge in [-0.3, -0.25) is 0 Å². The van der Waals surface area contributed by atoms with Gasteiger partial charge in [-0.1, -0.05) is 26.8 Å². The first-order chi connectivity index (χ1) is 8.93. The topological polar surface area (TPSA) is 30.5 Å². The van der Waals surface area contributed by atoms with Gasteiger partial charge in [0.2, 0.25) is 0 Å². The lowest BCUT2D eigenvalue weighted by atomic mass is 9.74. The molecule has 0 aliphatic carbocycles. The van der Waals surface area contributed by atoms with Crippen LogP contribution in [-0.2, 0) is 0 Å². The number of hydrogen-bond donors (Lipinski definition) is 1. The van der Waals surface area contributed by atoms with E-state index in [4.69, 9.17) is 9.47 Å². The lowest BCUT2D eigenvalue weighted by molar-refractivity contribution is 0.301. The van der Waals surface area contributed by atoms with Crippen molar-refractivity contribution in [1.82, 2.24) is 5.32 Å². The largest absolute Gasteiger partial charge is 0.493 e. The molecular weight excluding hydrogens is 238 g/mol. The fourth-order valence-electron chi connectivity index (χ4n) is 2.46. The van der Waals surface area contributed by atoms with Crippen LogP contribution in [0.4, 0.5) is 0 Å². The summed E-state index contributed by atoms with van der Waals surface area (Å²) < 4.78 is 10.7. The number of methoxy groups -OCH3 is 2. The monoisotopic (exact) mass is 265 g/mol. The summed E-state index contributed by atoms with van der Waals surface area (Å²) in [6, 6.07) is 6.24. The Labute approximate surface area is 117 Å². The molecule has 0 aromatic heterocycles. The van der Waals surface area contributed by atoms with E-state index in [0.29, 0.717) is 5.92 Å². The minimum absolute atomic E-state index is 0.219. The van der Waals surface area contributed by atoms with Gasteiger partial charge in [0.15, 0.2) is 11.5 Å². The maximum Gasteiger partial charge on any atom is 0.160 e. The summed E-state index contributed by atoms with van der Waals surface area (Å²) in [5.74, 6) is 2.07. The molecule has 19 heavy (non-hydrogen) atoms. The minimum atomic E-state index is 0.219. The van der Waals surface area contributed by atoms with Gasteiger partial charge in [-0.25, -0.2) is 0 Å². The maximum atomic E-state index is 5.40. The highest BCUT2D eigenvalue weighted by molar-refractivity contribution is 5.44. The van der Waals surface area contributed by atoms with E-state index >= 15 is 0 Å². The van der Waals surface area contributed by atoms with Crippen LogP contribution in [0, 0.1) is 5.41 Å². The number of hydrogen-bond acceptors (Lipinski definition) is 3. The van der Waals surface area contributed by atoms with Crippen molar-refractivity contribution in [2.75, 3.05) is 27.8 Å². The van der Waals surface area contributed by atoms with Gasteiger partial charge in [-0.2, -0.15) is 0 Å². The van der Waals surface area contributed by atoms with Crippen molar-refractivity contribution < 1.29 is 9.47 Å². The van der Waals surface area contributed by atoms with E-state index in [-0.39, 0.29) is 5.41 Å². The molecule has 0 aliphatic rings. The Kier molecular flexibility index (Phi) is 5.67. The molecule has 0 saturated carbocycles. The number of rotatable bonds is 6. The van der Waals surface area contributed by atoms with Crippen LogP contribution in [0.2, 0.25) is 0 Å². The first-order valence-corrected chi connectivity index (χ1v) is 6.80. The Bertz CT molecular complexity index is 396. The molecule has 0 aliphatic heterocycles. The van der Waals surface area contributed by atoms with Crippen molar-refractivity contribution >= 4 is 0 Å². The highest BCUT2D eigenvalue weighted by Crippen LogP contribution is 2.40. The van der Waals surface area contributed by atoms with Crippen molar-refractivity contribution in [2.24, 2.45) is 5.41 Å². The summed E-state index contributed by atoms with van der Waals surface area (Å²) >= 11 is 0. The molecule has 0 heterocycles. The molecule has 0 fully saturated rings. The fraction of sp³-hybridized carbons (Fsp3) is 0.625. The molecule has 108 valence electrons. The predicted octanol–water partition coefficient (Wildman–Crippen LogP) is 3.44. The van der Waals surface area contributed by atoms with E-state index < -0.39 is 0 Å². The zero-order chi connectivity index (χ0) is 14.5. The lowest BCUT2D eigenvalue weighted by Crippen LogP contribution is -2.22. The van der Waals surface area contributed by atoms with Crippen molar-refractivity contribution in [1.29, 1.82) is 0 Å². The molecule has 1 atom stereocenters. The normalized spacial score (nSPS) is 13.2. The quantitative estimate of drug-likeness (QED) is 0.854. The Morgan fingerprint density at radius 2 is 1.74 bits per heavy atom. The van der Waals surface area contributed by atoms with Crippen molar-refractivity contribution in [3.8, 4) is 11.5 Å². The number of ether oxygens (including phenoxy) is 2. The highest BCUT2D eigenvalue weighted by Gasteiger charge is 2.26. The third kappa shape index (κ3) is 4.13. The SMILES string of the molecule is CNCCC(c1ccc(OC)c(OC)c1)C(C)(C)C. The third-order valence-corrected chi connectivity index (χ3v) is 3.54. The smallest absolute Gasteiger partial charge is 0.160 e. The molecule has 0 saturated heterocycles. The van der Waals surface area contributed by atoms with Gasteiger partial charge in [-0.15, -0.1) is 0 Å². The van der Waals surface area contributed by atoms with Crippen LogP contribution >= 0.6 is 0 Å². The average Bonchev–Trinajstić information content (AvgIpc) is 2.37. The maximum absolute atomic E-state index is 5.40. The Hall–Kier alpha value is -1.22. The van der Waals surface area contributed by atoms with Gasteiger partial charge in [-0.05, 0) is 49.0 Å². The van der Waals surface area contributed by atoms with Crippen LogP contribution in [0.25, 0.3) is 0 Å². The van der Waals surface area contributed by atoms with Crippen LogP contribution in [0.1, 0.15) is 38.7 Å². The van der Waals surface area contributed by atoms with Crippen molar-refractivity contribution in [3.63, 3.8) is 0 Å². The summed E-state index contributed by atoms with van der Waals surface area (Å²) in [5, 5.41) is 3.24. The molecule has 1 rings (SSSR count). The Morgan fingerprint density at radius 1 is 1.11 bits per heavy atom. The van der Waals surface area contributed by atoms with Gasteiger partial charge in [0, 0.05) is 0 Å². The van der Waals surface area contributed by atoms with Crippen molar-refractivity contribution in [2.45, 2.75) is 33.1 Å². The molecule has 1 aromatic rings. The first-order valence-electron chi connectivity index (χ1n) is 6.80. The number of benzene rings is 1. The van der Waals surface area contributed by atoms with Crippen LogP contribution in [0.3, 0.4) is 0 Å². The molecular formula is C16H27NO2. The molecule has 1 aromatic carbocycles.